The van der Waals surface area contributed by atoms with Crippen LogP contribution in [0.5, 0.6) is 0 Å². The van der Waals surface area contributed by atoms with Gasteiger partial charge in [0.2, 0.25) is 11.8 Å². The van der Waals surface area contributed by atoms with Gasteiger partial charge in [-0.15, -0.1) is 0 Å². The molecule has 2 amide bonds. The third-order valence-electron chi connectivity index (χ3n) is 4.44. The number of rotatable bonds is 4. The molecular formula is C19H21N3O3. The second-order valence-corrected chi connectivity index (χ2v) is 6.13. The van der Waals surface area contributed by atoms with Crippen LogP contribution in [0.2, 0.25) is 0 Å². The molecule has 6 heteroatoms. The van der Waals surface area contributed by atoms with Crippen LogP contribution in [-0.4, -0.2) is 35.3 Å². The van der Waals surface area contributed by atoms with Crippen LogP contribution in [-0.2, 0) is 4.79 Å². The van der Waals surface area contributed by atoms with Crippen LogP contribution in [0.1, 0.15) is 40.8 Å². The number of likely N-dealkylation sites (tertiary alicyclic amines) is 1. The number of hydrogen-bond acceptors (Lipinski definition) is 4. The zero-order chi connectivity index (χ0) is 18.0. The number of hydrogen-bond donors (Lipinski definition) is 0. The highest BCUT2D eigenvalue weighted by Crippen LogP contribution is 2.32. The lowest BCUT2D eigenvalue weighted by molar-refractivity contribution is -0.113. The fourth-order valence-electron chi connectivity index (χ4n) is 3.05. The molecule has 0 radical (unpaired) electrons. The maximum atomic E-state index is 12.9. The van der Waals surface area contributed by atoms with Crippen molar-refractivity contribution in [3.63, 3.8) is 0 Å². The van der Waals surface area contributed by atoms with Crippen molar-refractivity contribution in [2.45, 2.75) is 25.8 Å². The van der Waals surface area contributed by atoms with Crippen molar-refractivity contribution >= 4 is 17.5 Å². The molecule has 1 aromatic carbocycles. The molecule has 1 aliphatic rings. The number of benzene rings is 1. The fraction of sp³-hybridized carbons (Fsp3) is 0.316. The van der Waals surface area contributed by atoms with Crippen LogP contribution in [0.15, 0.2) is 47.6 Å². The van der Waals surface area contributed by atoms with Gasteiger partial charge in [0.15, 0.2) is 0 Å². The second-order valence-electron chi connectivity index (χ2n) is 6.13. The number of aromatic nitrogens is 1. The van der Waals surface area contributed by atoms with Crippen LogP contribution in [0.3, 0.4) is 0 Å². The summed E-state index contributed by atoms with van der Waals surface area (Å²) in [7, 11) is 1.67. The van der Waals surface area contributed by atoms with Crippen molar-refractivity contribution in [1.29, 1.82) is 0 Å². The maximum absolute atomic E-state index is 12.9. The van der Waals surface area contributed by atoms with E-state index in [1.54, 1.807) is 42.5 Å². The minimum atomic E-state index is -0.196. The zero-order valence-electron chi connectivity index (χ0n) is 14.4. The number of anilines is 1. The van der Waals surface area contributed by atoms with Gasteiger partial charge in [-0.05, 0) is 50.1 Å². The van der Waals surface area contributed by atoms with E-state index >= 15 is 0 Å². The van der Waals surface area contributed by atoms with E-state index in [4.69, 9.17) is 4.42 Å². The molecule has 1 saturated heterocycles. The first kappa shape index (κ1) is 17.0. The molecule has 1 unspecified atom stereocenters. The maximum Gasteiger partial charge on any atom is 0.254 e. The molecule has 25 heavy (non-hydrogen) atoms. The minimum Gasteiger partial charge on any atom is -0.446 e. The molecule has 3 rings (SSSR count). The standard InChI is InChI=1S/C19H21N3O3/c1-4-17(23)21(3)15-9-7-14(8-10-15)19(24)22-11-5-6-16(22)18-20-13(2)12-25-18/h4,7-10,12,16H,1,5-6,11H2,2-3H3. The summed E-state index contributed by atoms with van der Waals surface area (Å²) < 4.78 is 5.50. The van der Waals surface area contributed by atoms with Crippen molar-refractivity contribution in [2.24, 2.45) is 0 Å². The lowest BCUT2D eigenvalue weighted by Crippen LogP contribution is -2.31. The first-order valence-electron chi connectivity index (χ1n) is 8.24. The summed E-state index contributed by atoms with van der Waals surface area (Å²) >= 11 is 0. The average Bonchev–Trinajstić information content (AvgIpc) is 3.28. The number of carbonyl (C=O) groups excluding carboxylic acids is 2. The smallest absolute Gasteiger partial charge is 0.254 e. The lowest BCUT2D eigenvalue weighted by atomic mass is 10.1. The zero-order valence-corrected chi connectivity index (χ0v) is 14.4. The predicted octanol–water partition coefficient (Wildman–Crippen LogP) is 3.11. The molecule has 130 valence electrons. The van der Waals surface area contributed by atoms with Crippen molar-refractivity contribution in [3.8, 4) is 0 Å². The molecule has 0 spiro atoms. The van der Waals surface area contributed by atoms with E-state index in [0.717, 1.165) is 18.5 Å². The van der Waals surface area contributed by atoms with Crippen LogP contribution < -0.4 is 4.90 Å². The van der Waals surface area contributed by atoms with E-state index < -0.39 is 0 Å². The number of carbonyl (C=O) groups is 2. The highest BCUT2D eigenvalue weighted by atomic mass is 16.3. The van der Waals surface area contributed by atoms with E-state index in [1.807, 2.05) is 6.92 Å². The summed E-state index contributed by atoms with van der Waals surface area (Å²) in [5.74, 6) is 0.344. The molecule has 2 heterocycles. The molecule has 1 aliphatic heterocycles. The number of likely N-dealkylation sites (N-methyl/N-ethyl adjacent to an activating group) is 1. The first-order chi connectivity index (χ1) is 12.0. The van der Waals surface area contributed by atoms with Gasteiger partial charge in [0.25, 0.3) is 5.91 Å². The summed E-state index contributed by atoms with van der Waals surface area (Å²) in [6.07, 6.45) is 4.64. The van der Waals surface area contributed by atoms with E-state index in [1.165, 1.54) is 11.0 Å². The molecule has 0 aliphatic carbocycles. The molecular weight excluding hydrogens is 318 g/mol. The van der Waals surface area contributed by atoms with Gasteiger partial charge < -0.3 is 14.2 Å². The van der Waals surface area contributed by atoms with Gasteiger partial charge in [0.05, 0.1) is 5.69 Å². The SMILES string of the molecule is C=CC(=O)N(C)c1ccc(C(=O)N2CCCC2c2nc(C)co2)cc1. The van der Waals surface area contributed by atoms with E-state index in [0.29, 0.717) is 23.7 Å². The fourth-order valence-corrected chi connectivity index (χ4v) is 3.05. The largest absolute Gasteiger partial charge is 0.446 e. The van der Waals surface area contributed by atoms with Crippen molar-refractivity contribution in [2.75, 3.05) is 18.5 Å². The lowest BCUT2D eigenvalue weighted by Gasteiger charge is -2.23. The van der Waals surface area contributed by atoms with Crippen molar-refractivity contribution in [1.82, 2.24) is 9.88 Å². The van der Waals surface area contributed by atoms with Crippen LogP contribution in [0, 0.1) is 6.92 Å². The third-order valence-corrected chi connectivity index (χ3v) is 4.44. The monoisotopic (exact) mass is 339 g/mol. The quantitative estimate of drug-likeness (QED) is 0.803. The van der Waals surface area contributed by atoms with Gasteiger partial charge in [-0.25, -0.2) is 4.98 Å². The molecule has 0 bridgehead atoms. The second kappa shape index (κ2) is 6.93. The van der Waals surface area contributed by atoms with Gasteiger partial charge in [0, 0.05) is 24.8 Å². The van der Waals surface area contributed by atoms with E-state index in [-0.39, 0.29) is 17.9 Å². The number of aryl methyl sites for hydroxylation is 1. The van der Waals surface area contributed by atoms with Gasteiger partial charge in [-0.1, -0.05) is 6.58 Å². The van der Waals surface area contributed by atoms with Crippen LogP contribution in [0.4, 0.5) is 5.69 Å². The Hall–Kier alpha value is -2.89. The molecule has 6 nitrogen and oxygen atoms in total. The Kier molecular flexibility index (Phi) is 4.70. The number of amides is 2. The van der Waals surface area contributed by atoms with E-state index in [2.05, 4.69) is 11.6 Å². The number of oxazole rings is 1. The Morgan fingerprint density at radius 1 is 1.36 bits per heavy atom. The van der Waals surface area contributed by atoms with E-state index in [9.17, 15) is 9.59 Å². The summed E-state index contributed by atoms with van der Waals surface area (Å²) in [6.45, 7) is 6.03. The first-order valence-corrected chi connectivity index (χ1v) is 8.24. The van der Waals surface area contributed by atoms with Gasteiger partial charge in [0.1, 0.15) is 12.3 Å². The van der Waals surface area contributed by atoms with Gasteiger partial charge in [-0.3, -0.25) is 9.59 Å². The highest BCUT2D eigenvalue weighted by molar-refractivity contribution is 6.01. The third kappa shape index (κ3) is 3.33. The molecule has 2 aromatic rings. The normalized spacial score (nSPS) is 16.7. The predicted molar refractivity (Wildman–Crippen MR) is 94.3 cm³/mol. The molecule has 0 N–H and O–H groups in total. The van der Waals surface area contributed by atoms with Gasteiger partial charge >= 0.3 is 0 Å². The van der Waals surface area contributed by atoms with Crippen molar-refractivity contribution < 1.29 is 14.0 Å². The summed E-state index contributed by atoms with van der Waals surface area (Å²) in [5.41, 5.74) is 2.11. The topological polar surface area (TPSA) is 66.7 Å². The Morgan fingerprint density at radius 2 is 2.08 bits per heavy atom. The van der Waals surface area contributed by atoms with Crippen LogP contribution in [0.25, 0.3) is 0 Å². The molecule has 1 aromatic heterocycles. The minimum absolute atomic E-state index is 0.0531. The summed E-state index contributed by atoms with van der Waals surface area (Å²) in [5, 5.41) is 0. The average molecular weight is 339 g/mol. The summed E-state index contributed by atoms with van der Waals surface area (Å²) in [6, 6.07) is 6.87. The summed E-state index contributed by atoms with van der Waals surface area (Å²) in [4.78, 5) is 32.2. The Bertz CT molecular complexity index is 795. The molecule has 1 atom stereocenters. The Balaban J connectivity index is 1.78. The molecule has 1 fully saturated rings. The van der Waals surface area contributed by atoms with Crippen molar-refractivity contribution in [3.05, 3.63) is 60.3 Å². The van der Waals surface area contributed by atoms with Gasteiger partial charge in [-0.2, -0.15) is 0 Å². The Labute approximate surface area is 146 Å². The highest BCUT2D eigenvalue weighted by Gasteiger charge is 2.33. The molecule has 0 saturated carbocycles. The Morgan fingerprint density at radius 3 is 2.68 bits per heavy atom. The van der Waals surface area contributed by atoms with Crippen LogP contribution >= 0.6 is 0 Å². The number of nitrogens with zero attached hydrogens (tertiary/aromatic N) is 3.